The van der Waals surface area contributed by atoms with Gasteiger partial charge in [-0.3, -0.25) is 4.79 Å². The number of carbonyl (C=O) groups is 1. The normalized spacial score (nSPS) is 10.5. The highest BCUT2D eigenvalue weighted by atomic mass is 19.1. The van der Waals surface area contributed by atoms with Crippen molar-refractivity contribution in [3.05, 3.63) is 77.0 Å². The van der Waals surface area contributed by atoms with Crippen molar-refractivity contribution in [2.75, 3.05) is 10.6 Å². The maximum Gasteiger partial charge on any atom is 0.276 e. The lowest BCUT2D eigenvalue weighted by Gasteiger charge is -2.09. The fourth-order valence-electron chi connectivity index (χ4n) is 2.51. The summed E-state index contributed by atoms with van der Waals surface area (Å²) in [6.07, 6.45) is 0. The molecule has 132 valence electrons. The van der Waals surface area contributed by atoms with Crippen LogP contribution in [-0.2, 0) is 0 Å². The van der Waals surface area contributed by atoms with Gasteiger partial charge in [-0.2, -0.15) is 0 Å². The molecule has 3 aromatic rings. The number of aryl methyl sites for hydroxylation is 2. The predicted molar refractivity (Wildman–Crippen MR) is 95.5 cm³/mol. The molecule has 0 spiro atoms. The average Bonchev–Trinajstić information content (AvgIpc) is 2.58. The number of hydrogen-bond acceptors (Lipinski definition) is 4. The molecule has 5 nitrogen and oxygen atoms in total. The van der Waals surface area contributed by atoms with Crippen molar-refractivity contribution in [3.8, 4) is 0 Å². The van der Waals surface area contributed by atoms with Gasteiger partial charge < -0.3 is 10.6 Å². The molecule has 1 aromatic heterocycles. The van der Waals surface area contributed by atoms with Crippen molar-refractivity contribution >= 4 is 23.1 Å². The van der Waals surface area contributed by atoms with Crippen LogP contribution in [0.1, 0.15) is 21.6 Å². The quantitative estimate of drug-likeness (QED) is 0.730. The molecule has 2 N–H and O–H groups in total. The van der Waals surface area contributed by atoms with Crippen LogP contribution in [-0.4, -0.2) is 16.1 Å². The third kappa shape index (κ3) is 4.00. The lowest BCUT2D eigenvalue weighted by Crippen LogP contribution is -2.16. The van der Waals surface area contributed by atoms with Crippen LogP contribution in [0.5, 0.6) is 0 Å². The van der Waals surface area contributed by atoms with Crippen LogP contribution in [0.4, 0.5) is 26.0 Å². The molecule has 0 radical (unpaired) electrons. The molecule has 0 unspecified atom stereocenters. The van der Waals surface area contributed by atoms with E-state index in [4.69, 9.17) is 0 Å². The molecule has 1 heterocycles. The van der Waals surface area contributed by atoms with Gasteiger partial charge in [-0.05, 0) is 61.4 Å². The van der Waals surface area contributed by atoms with E-state index < -0.39 is 23.2 Å². The van der Waals surface area contributed by atoms with Gasteiger partial charge in [0.1, 0.15) is 17.3 Å². The average molecular weight is 354 g/mol. The Kier molecular flexibility index (Phi) is 4.88. The van der Waals surface area contributed by atoms with Crippen molar-refractivity contribution < 1.29 is 13.6 Å². The first-order valence-electron chi connectivity index (χ1n) is 7.87. The number of amides is 1. The number of aromatic nitrogens is 2. The Morgan fingerprint density at radius 2 is 1.58 bits per heavy atom. The molecule has 0 aliphatic rings. The first-order chi connectivity index (χ1) is 12.4. The van der Waals surface area contributed by atoms with E-state index in [9.17, 15) is 13.6 Å². The zero-order valence-electron chi connectivity index (χ0n) is 14.2. The largest absolute Gasteiger partial charge is 0.339 e. The van der Waals surface area contributed by atoms with Gasteiger partial charge >= 0.3 is 0 Å². The van der Waals surface area contributed by atoms with Crippen LogP contribution in [0.2, 0.25) is 0 Å². The van der Waals surface area contributed by atoms with Crippen LogP contribution in [0.25, 0.3) is 0 Å². The molecule has 26 heavy (non-hydrogen) atoms. The first-order valence-corrected chi connectivity index (χ1v) is 7.87. The van der Waals surface area contributed by atoms with Gasteiger partial charge in [0.2, 0.25) is 0 Å². The third-order valence-electron chi connectivity index (χ3n) is 3.59. The molecule has 1 amide bonds. The highest BCUT2D eigenvalue weighted by molar-refractivity contribution is 6.02. The third-order valence-corrected chi connectivity index (χ3v) is 3.59. The molecule has 0 atom stereocenters. The van der Waals surface area contributed by atoms with E-state index in [-0.39, 0.29) is 5.69 Å². The summed E-state index contributed by atoms with van der Waals surface area (Å²) >= 11 is 0. The van der Waals surface area contributed by atoms with Crippen LogP contribution in [0.15, 0.2) is 48.5 Å². The lowest BCUT2D eigenvalue weighted by molar-refractivity contribution is 0.102. The highest BCUT2D eigenvalue weighted by Crippen LogP contribution is 2.20. The molecule has 3 rings (SSSR count). The summed E-state index contributed by atoms with van der Waals surface area (Å²) < 4.78 is 27.2. The van der Waals surface area contributed by atoms with E-state index in [1.807, 2.05) is 32.0 Å². The van der Waals surface area contributed by atoms with Gasteiger partial charge in [0.15, 0.2) is 11.5 Å². The van der Waals surface area contributed by atoms with Crippen molar-refractivity contribution in [1.29, 1.82) is 0 Å². The fourth-order valence-corrected chi connectivity index (χ4v) is 2.51. The topological polar surface area (TPSA) is 66.9 Å². The molecule has 0 bridgehead atoms. The molecule has 0 aliphatic carbocycles. The number of hydrogen-bond donors (Lipinski definition) is 2. The van der Waals surface area contributed by atoms with E-state index in [0.717, 1.165) is 28.9 Å². The van der Waals surface area contributed by atoms with Crippen molar-refractivity contribution in [3.63, 3.8) is 0 Å². The molecule has 2 aromatic carbocycles. The Balaban J connectivity index is 1.73. The minimum Gasteiger partial charge on any atom is -0.339 e. The SMILES string of the molecule is Cc1cc(C)cc(Nc2ccc(C(=O)Nc3c(F)cccc3F)nn2)c1. The van der Waals surface area contributed by atoms with Crippen LogP contribution in [0, 0.1) is 25.5 Å². The summed E-state index contributed by atoms with van der Waals surface area (Å²) in [5.74, 6) is -2.03. The number of nitrogens with zero attached hydrogens (tertiary/aromatic N) is 2. The maximum absolute atomic E-state index is 13.6. The summed E-state index contributed by atoms with van der Waals surface area (Å²) in [5, 5.41) is 13.0. The summed E-state index contributed by atoms with van der Waals surface area (Å²) in [5.41, 5.74) is 2.48. The van der Waals surface area contributed by atoms with Gasteiger partial charge in [-0.1, -0.05) is 12.1 Å². The summed E-state index contributed by atoms with van der Waals surface area (Å²) in [7, 11) is 0. The van der Waals surface area contributed by atoms with Crippen molar-refractivity contribution in [1.82, 2.24) is 10.2 Å². The zero-order valence-corrected chi connectivity index (χ0v) is 14.2. The number of anilines is 3. The van der Waals surface area contributed by atoms with Crippen molar-refractivity contribution in [2.24, 2.45) is 0 Å². The highest BCUT2D eigenvalue weighted by Gasteiger charge is 2.14. The van der Waals surface area contributed by atoms with E-state index in [0.29, 0.717) is 5.82 Å². The molecule has 0 saturated carbocycles. The number of benzene rings is 2. The Hall–Kier alpha value is -3.35. The summed E-state index contributed by atoms with van der Waals surface area (Å²) in [4.78, 5) is 12.1. The second-order valence-electron chi connectivity index (χ2n) is 5.86. The smallest absolute Gasteiger partial charge is 0.276 e. The molecular formula is C19H16F2N4O. The van der Waals surface area contributed by atoms with E-state index in [1.54, 1.807) is 6.07 Å². The fraction of sp³-hybridized carbons (Fsp3) is 0.105. The Morgan fingerprint density at radius 1 is 0.923 bits per heavy atom. The van der Waals surface area contributed by atoms with Gasteiger partial charge in [-0.25, -0.2) is 8.78 Å². The molecule has 0 saturated heterocycles. The second-order valence-corrected chi connectivity index (χ2v) is 5.86. The summed E-state index contributed by atoms with van der Waals surface area (Å²) in [6.45, 7) is 3.97. The molecule has 0 fully saturated rings. The van der Waals surface area contributed by atoms with Crippen LogP contribution in [0.3, 0.4) is 0 Å². The molecule has 7 heteroatoms. The predicted octanol–water partition coefficient (Wildman–Crippen LogP) is 4.37. The number of para-hydroxylation sites is 1. The number of carbonyl (C=O) groups excluding carboxylic acids is 1. The molecule has 0 aliphatic heterocycles. The maximum atomic E-state index is 13.6. The first kappa shape index (κ1) is 17.5. The lowest BCUT2D eigenvalue weighted by atomic mass is 10.1. The van der Waals surface area contributed by atoms with Crippen LogP contribution >= 0.6 is 0 Å². The number of halogens is 2. The van der Waals surface area contributed by atoms with E-state index in [2.05, 4.69) is 20.8 Å². The van der Waals surface area contributed by atoms with Crippen LogP contribution < -0.4 is 10.6 Å². The Morgan fingerprint density at radius 3 is 2.15 bits per heavy atom. The standard InChI is InChI=1S/C19H16F2N4O/c1-11-8-12(2)10-13(9-11)22-17-7-6-16(24-25-17)19(26)23-18-14(20)4-3-5-15(18)21/h3-10H,1-2H3,(H,22,25)(H,23,26). The van der Waals surface area contributed by atoms with Gasteiger partial charge in [-0.15, -0.1) is 10.2 Å². The minimum absolute atomic E-state index is 0.0568. The van der Waals surface area contributed by atoms with Crippen molar-refractivity contribution in [2.45, 2.75) is 13.8 Å². The van der Waals surface area contributed by atoms with E-state index >= 15 is 0 Å². The Labute approximate surface area is 149 Å². The van der Waals surface area contributed by atoms with Gasteiger partial charge in [0.25, 0.3) is 5.91 Å². The Bertz CT molecular complexity index is 918. The van der Waals surface area contributed by atoms with Gasteiger partial charge in [0, 0.05) is 5.69 Å². The second kappa shape index (κ2) is 7.26. The number of nitrogens with one attached hydrogen (secondary N) is 2. The minimum atomic E-state index is -0.862. The summed E-state index contributed by atoms with van der Waals surface area (Å²) in [6, 6.07) is 12.3. The van der Waals surface area contributed by atoms with Gasteiger partial charge in [0.05, 0.1) is 0 Å². The monoisotopic (exact) mass is 354 g/mol. The molecular weight excluding hydrogens is 338 g/mol. The van der Waals surface area contributed by atoms with E-state index in [1.165, 1.54) is 12.1 Å². The number of rotatable bonds is 4. The zero-order chi connectivity index (χ0) is 18.7.